The van der Waals surface area contributed by atoms with Crippen LogP contribution < -0.4 is 24.0 Å². The Morgan fingerprint density at radius 1 is 1.50 bits per heavy atom. The molecule has 1 rings (SSSR count). The summed E-state index contributed by atoms with van der Waals surface area (Å²) >= 11 is 5.41. The van der Waals surface area contributed by atoms with E-state index in [4.69, 9.17) is 11.6 Å². The van der Waals surface area contributed by atoms with Gasteiger partial charge in [-0.15, -0.1) is 17.7 Å². The van der Waals surface area contributed by atoms with Crippen molar-refractivity contribution in [1.29, 1.82) is 0 Å². The molecule has 4 heteroatoms. The Kier molecular flexibility index (Phi) is 7.31. The van der Waals surface area contributed by atoms with Crippen molar-refractivity contribution in [2.45, 2.75) is 25.9 Å². The molecule has 1 heterocycles. The van der Waals surface area contributed by atoms with Gasteiger partial charge in [-0.2, -0.15) is 0 Å². The summed E-state index contributed by atoms with van der Waals surface area (Å²) in [6.07, 6.45) is 2.45. The first kappa shape index (κ1) is 14.0. The minimum Gasteiger partial charge on any atom is -0.851 e. The van der Waals surface area contributed by atoms with Crippen LogP contribution >= 0.6 is 11.6 Å². The second-order valence-corrected chi connectivity index (χ2v) is 3.45. The number of hydrogen-bond donors (Lipinski definition) is 0. The van der Waals surface area contributed by atoms with Gasteiger partial charge >= 0.3 is 18.9 Å². The molecule has 0 fully saturated rings. The average Bonchev–Trinajstić information content (AvgIpc) is 2.16. The summed E-state index contributed by atoms with van der Waals surface area (Å²) in [6, 6.07) is 3.96. The maximum absolute atomic E-state index is 11.0. The maximum Gasteiger partial charge on any atom is 1.00 e. The zero-order chi connectivity index (χ0) is 9.68. The molecule has 1 aromatic heterocycles. The van der Waals surface area contributed by atoms with Crippen molar-refractivity contribution < 1.29 is 24.0 Å². The fraction of sp³-hybridized carbons (Fsp3) is 0.500. The van der Waals surface area contributed by atoms with Gasteiger partial charge in [-0.05, 0) is 25.0 Å². The molecule has 0 amide bonds. The predicted octanol–water partition coefficient (Wildman–Crippen LogP) is -1.71. The summed E-state index contributed by atoms with van der Waals surface area (Å²) in [5.74, 6) is 0.186. The first-order valence-electron chi connectivity index (χ1n) is 4.35. The predicted molar refractivity (Wildman–Crippen MR) is 51.8 cm³/mol. The van der Waals surface area contributed by atoms with Crippen molar-refractivity contribution >= 4 is 11.6 Å². The molecule has 0 spiro atoms. The van der Waals surface area contributed by atoms with Crippen molar-refractivity contribution in [3.8, 4) is 0 Å². The van der Waals surface area contributed by atoms with E-state index < -0.39 is 6.10 Å². The Morgan fingerprint density at radius 2 is 2.21 bits per heavy atom. The molecule has 0 aliphatic heterocycles. The monoisotopic (exact) mass is 205 g/mol. The van der Waals surface area contributed by atoms with Crippen LogP contribution in [0, 0.1) is 6.92 Å². The van der Waals surface area contributed by atoms with Gasteiger partial charge in [0, 0.05) is 17.8 Å². The Balaban J connectivity index is 0.00000169. The number of alkyl halides is 1. The van der Waals surface area contributed by atoms with E-state index >= 15 is 0 Å². The number of aromatic nitrogens is 1. The second kappa shape index (κ2) is 7.31. The standard InChI is InChI=1S/C10H13ClNO.Li/c1-8-2-3-9(12-7-8)4-5-10(13)6-11;/h2-3,7,10H,4-6H2,1H3;/q-1;+1/t10-;/m0./s1. The van der Waals surface area contributed by atoms with E-state index in [1.165, 1.54) is 0 Å². The van der Waals surface area contributed by atoms with E-state index in [1.54, 1.807) is 0 Å². The van der Waals surface area contributed by atoms with Crippen LogP contribution in [0.25, 0.3) is 0 Å². The van der Waals surface area contributed by atoms with Gasteiger partial charge in [0.25, 0.3) is 0 Å². The van der Waals surface area contributed by atoms with Crippen LogP contribution in [0.4, 0.5) is 0 Å². The van der Waals surface area contributed by atoms with Crippen LogP contribution in [-0.2, 0) is 6.42 Å². The molecule has 2 nitrogen and oxygen atoms in total. The molecule has 1 atom stereocenters. The van der Waals surface area contributed by atoms with E-state index in [0.717, 1.165) is 17.7 Å². The molecule has 72 valence electrons. The maximum atomic E-state index is 11.0. The second-order valence-electron chi connectivity index (χ2n) is 3.14. The molecule has 1 aromatic rings. The third kappa shape index (κ3) is 5.02. The third-order valence-electron chi connectivity index (χ3n) is 1.87. The topological polar surface area (TPSA) is 36.0 Å². The Bertz CT molecular complexity index is 253. The van der Waals surface area contributed by atoms with Crippen molar-refractivity contribution in [3.05, 3.63) is 29.6 Å². The average molecular weight is 206 g/mol. The molecule has 0 saturated heterocycles. The third-order valence-corrected chi connectivity index (χ3v) is 2.21. The van der Waals surface area contributed by atoms with Gasteiger partial charge in [0.2, 0.25) is 0 Å². The largest absolute Gasteiger partial charge is 1.00 e. The molecule has 0 radical (unpaired) electrons. The Morgan fingerprint density at radius 3 is 2.71 bits per heavy atom. The number of aryl methyl sites for hydroxylation is 2. The smallest absolute Gasteiger partial charge is 0.851 e. The van der Waals surface area contributed by atoms with Gasteiger partial charge in [-0.3, -0.25) is 4.98 Å². The van der Waals surface area contributed by atoms with Crippen molar-refractivity contribution in [2.24, 2.45) is 0 Å². The molecular formula is C10H13ClLiNO. The van der Waals surface area contributed by atoms with Gasteiger partial charge < -0.3 is 5.11 Å². The molecule has 0 bridgehead atoms. The summed E-state index contributed by atoms with van der Waals surface area (Å²) in [4.78, 5) is 4.20. The van der Waals surface area contributed by atoms with E-state index in [2.05, 4.69) is 4.98 Å². The van der Waals surface area contributed by atoms with Crippen LogP contribution in [0.5, 0.6) is 0 Å². The number of halogens is 1. The number of hydrogen-bond acceptors (Lipinski definition) is 2. The van der Waals surface area contributed by atoms with Gasteiger partial charge in [0.15, 0.2) is 0 Å². The summed E-state index contributed by atoms with van der Waals surface area (Å²) in [6.45, 7) is 1.99. The fourth-order valence-electron chi connectivity index (χ4n) is 1.03. The quantitative estimate of drug-likeness (QED) is 0.434. The number of pyridine rings is 1. The molecule has 0 aliphatic rings. The summed E-state index contributed by atoms with van der Waals surface area (Å²) < 4.78 is 0. The minimum atomic E-state index is -0.662. The number of rotatable bonds is 4. The Hall–Kier alpha value is -0.00260. The Labute approximate surface area is 102 Å². The first-order chi connectivity index (χ1) is 6.22. The fourth-order valence-corrected chi connectivity index (χ4v) is 1.19. The van der Waals surface area contributed by atoms with Crippen LogP contribution in [0.15, 0.2) is 18.3 Å². The molecule has 0 aromatic carbocycles. The zero-order valence-corrected chi connectivity index (χ0v) is 9.42. The zero-order valence-electron chi connectivity index (χ0n) is 8.66. The van der Waals surface area contributed by atoms with Crippen LogP contribution in [0.1, 0.15) is 17.7 Å². The van der Waals surface area contributed by atoms with Crippen LogP contribution in [0.3, 0.4) is 0 Å². The van der Waals surface area contributed by atoms with Gasteiger partial charge in [-0.25, -0.2) is 0 Å². The molecular weight excluding hydrogens is 193 g/mol. The van der Waals surface area contributed by atoms with E-state index in [9.17, 15) is 5.11 Å². The van der Waals surface area contributed by atoms with E-state index in [-0.39, 0.29) is 24.7 Å². The normalized spacial score (nSPS) is 11.9. The molecule has 0 saturated carbocycles. The van der Waals surface area contributed by atoms with Gasteiger partial charge in [-0.1, -0.05) is 12.5 Å². The van der Waals surface area contributed by atoms with Crippen LogP contribution in [-0.4, -0.2) is 17.0 Å². The number of nitrogens with zero attached hydrogens (tertiary/aromatic N) is 1. The summed E-state index contributed by atoms with van der Waals surface area (Å²) in [5, 5.41) is 11.0. The molecule has 14 heavy (non-hydrogen) atoms. The molecule has 0 N–H and O–H groups in total. The van der Waals surface area contributed by atoms with Crippen molar-refractivity contribution in [2.75, 3.05) is 5.88 Å². The van der Waals surface area contributed by atoms with E-state index in [1.807, 2.05) is 25.3 Å². The minimum absolute atomic E-state index is 0. The van der Waals surface area contributed by atoms with Crippen molar-refractivity contribution in [3.63, 3.8) is 0 Å². The molecule has 0 aliphatic carbocycles. The summed E-state index contributed by atoms with van der Waals surface area (Å²) in [7, 11) is 0. The van der Waals surface area contributed by atoms with Crippen LogP contribution in [0.2, 0.25) is 0 Å². The van der Waals surface area contributed by atoms with E-state index in [0.29, 0.717) is 6.42 Å². The van der Waals surface area contributed by atoms with Gasteiger partial charge in [0.1, 0.15) is 0 Å². The SMILES string of the molecule is Cc1ccc(CC[C@H]([O-])CCl)nc1.[Li+]. The first-order valence-corrected chi connectivity index (χ1v) is 4.89. The van der Waals surface area contributed by atoms with Gasteiger partial charge in [0.05, 0.1) is 0 Å². The van der Waals surface area contributed by atoms with Crippen molar-refractivity contribution in [1.82, 2.24) is 4.98 Å². The molecule has 0 unspecified atom stereocenters. The summed E-state index contributed by atoms with van der Waals surface area (Å²) in [5.41, 5.74) is 2.11.